The average Bonchev–Trinajstić information content (AvgIpc) is 2.94. The second kappa shape index (κ2) is 5.19. The quantitative estimate of drug-likeness (QED) is 0.756. The van der Waals surface area contributed by atoms with Crippen LogP contribution in [0.5, 0.6) is 0 Å². The van der Waals surface area contributed by atoms with Crippen LogP contribution in [0, 0.1) is 11.8 Å². The average molecular weight is 237 g/mol. The van der Waals surface area contributed by atoms with Crippen molar-refractivity contribution in [2.24, 2.45) is 11.8 Å². The first kappa shape index (κ1) is 12.6. The van der Waals surface area contributed by atoms with Crippen molar-refractivity contribution in [1.29, 1.82) is 0 Å². The largest absolute Gasteiger partial charge is 0.339 e. The van der Waals surface area contributed by atoms with Crippen molar-refractivity contribution in [3.05, 3.63) is 0 Å². The third-order valence-electron chi connectivity index (χ3n) is 4.43. The van der Waals surface area contributed by atoms with Crippen LogP contribution in [0.2, 0.25) is 0 Å². The molecule has 0 N–H and O–H groups in total. The molecule has 1 saturated heterocycles. The lowest BCUT2D eigenvalue weighted by Crippen LogP contribution is -2.43. The maximum atomic E-state index is 12.3. The molecule has 2 aliphatic rings. The Balaban J connectivity index is 2.06. The highest BCUT2D eigenvalue weighted by Gasteiger charge is 2.40. The number of likely N-dealkylation sites (tertiary alicyclic amines) is 1. The van der Waals surface area contributed by atoms with E-state index in [4.69, 9.17) is 0 Å². The fourth-order valence-electron chi connectivity index (χ4n) is 3.19. The fourth-order valence-corrected chi connectivity index (χ4v) is 3.19. The van der Waals surface area contributed by atoms with Gasteiger partial charge >= 0.3 is 0 Å². The van der Waals surface area contributed by atoms with E-state index in [-0.39, 0.29) is 23.8 Å². The maximum absolute atomic E-state index is 12.3. The smallest absolute Gasteiger partial charge is 0.225 e. The highest BCUT2D eigenvalue weighted by atomic mass is 16.2. The lowest BCUT2D eigenvalue weighted by molar-refractivity contribution is -0.137. The number of nitrogens with zero attached hydrogens (tertiary/aromatic N) is 1. The number of hydrogen-bond acceptors (Lipinski definition) is 2. The Kier molecular flexibility index (Phi) is 3.85. The van der Waals surface area contributed by atoms with Crippen LogP contribution < -0.4 is 0 Å². The monoisotopic (exact) mass is 237 g/mol. The molecular weight excluding hydrogens is 214 g/mol. The molecule has 3 atom stereocenters. The van der Waals surface area contributed by atoms with Gasteiger partial charge in [0.25, 0.3) is 0 Å². The zero-order valence-electron chi connectivity index (χ0n) is 10.9. The van der Waals surface area contributed by atoms with Gasteiger partial charge in [0, 0.05) is 30.8 Å². The minimum absolute atomic E-state index is 0.104. The Hall–Kier alpha value is -0.860. The van der Waals surface area contributed by atoms with Crippen LogP contribution in [0.3, 0.4) is 0 Å². The predicted octanol–water partition coefficient (Wildman–Crippen LogP) is 2.39. The van der Waals surface area contributed by atoms with Crippen LogP contribution in [-0.4, -0.2) is 29.2 Å². The molecule has 0 bridgehead atoms. The molecule has 0 aromatic rings. The standard InChI is InChI=1S/C14H23NO2/c1-3-10(2)14(17)15-9-5-7-12(15)11-6-4-8-13(11)16/h10-12H,3-9H2,1-2H3. The molecule has 1 aliphatic heterocycles. The highest BCUT2D eigenvalue weighted by molar-refractivity contribution is 5.85. The molecule has 1 aliphatic carbocycles. The summed E-state index contributed by atoms with van der Waals surface area (Å²) in [4.78, 5) is 26.1. The molecule has 96 valence electrons. The molecule has 1 saturated carbocycles. The predicted molar refractivity (Wildman–Crippen MR) is 66.5 cm³/mol. The first-order chi connectivity index (χ1) is 8.15. The van der Waals surface area contributed by atoms with Gasteiger partial charge in [-0.2, -0.15) is 0 Å². The van der Waals surface area contributed by atoms with Crippen molar-refractivity contribution >= 4 is 11.7 Å². The lowest BCUT2D eigenvalue weighted by Gasteiger charge is -2.30. The number of carbonyl (C=O) groups is 2. The summed E-state index contributed by atoms with van der Waals surface area (Å²) in [6, 6.07) is 0.214. The van der Waals surface area contributed by atoms with Crippen molar-refractivity contribution in [2.75, 3.05) is 6.54 Å². The van der Waals surface area contributed by atoms with Gasteiger partial charge in [-0.05, 0) is 32.1 Å². The summed E-state index contributed by atoms with van der Waals surface area (Å²) in [5.41, 5.74) is 0. The van der Waals surface area contributed by atoms with Crippen LogP contribution in [0.1, 0.15) is 52.4 Å². The molecule has 3 heteroatoms. The minimum Gasteiger partial charge on any atom is -0.339 e. The number of Topliss-reactive ketones (excluding diaryl/α,β-unsaturated/α-hetero) is 1. The third-order valence-corrected chi connectivity index (χ3v) is 4.43. The summed E-state index contributed by atoms with van der Waals surface area (Å²) in [7, 11) is 0. The van der Waals surface area contributed by atoms with Crippen LogP contribution in [0.25, 0.3) is 0 Å². The molecule has 2 rings (SSSR count). The van der Waals surface area contributed by atoms with E-state index in [1.54, 1.807) is 0 Å². The SMILES string of the molecule is CCC(C)C(=O)N1CCCC1C1CCCC1=O. The van der Waals surface area contributed by atoms with Crippen molar-refractivity contribution < 1.29 is 9.59 Å². The van der Waals surface area contributed by atoms with E-state index in [9.17, 15) is 9.59 Å². The molecule has 3 unspecified atom stereocenters. The summed E-state index contributed by atoms with van der Waals surface area (Å²) in [5.74, 6) is 0.895. The summed E-state index contributed by atoms with van der Waals surface area (Å²) >= 11 is 0. The Morgan fingerprint density at radius 1 is 1.41 bits per heavy atom. The van der Waals surface area contributed by atoms with Gasteiger partial charge in [-0.3, -0.25) is 9.59 Å². The number of ketones is 1. The summed E-state index contributed by atoms with van der Waals surface area (Å²) in [5, 5.41) is 0. The van der Waals surface area contributed by atoms with E-state index in [0.717, 1.165) is 45.1 Å². The normalized spacial score (nSPS) is 30.9. The van der Waals surface area contributed by atoms with E-state index in [0.29, 0.717) is 5.78 Å². The van der Waals surface area contributed by atoms with Crippen LogP contribution in [0.15, 0.2) is 0 Å². The van der Waals surface area contributed by atoms with Gasteiger partial charge < -0.3 is 4.90 Å². The number of carbonyl (C=O) groups excluding carboxylic acids is 2. The molecule has 0 aromatic carbocycles. The molecule has 0 radical (unpaired) electrons. The van der Waals surface area contributed by atoms with Gasteiger partial charge in [0.15, 0.2) is 0 Å². The van der Waals surface area contributed by atoms with Gasteiger partial charge in [0.05, 0.1) is 0 Å². The molecule has 1 heterocycles. The van der Waals surface area contributed by atoms with Crippen LogP contribution in [0.4, 0.5) is 0 Å². The van der Waals surface area contributed by atoms with E-state index in [1.165, 1.54) is 0 Å². The van der Waals surface area contributed by atoms with Gasteiger partial charge in [-0.1, -0.05) is 13.8 Å². The zero-order valence-corrected chi connectivity index (χ0v) is 10.9. The Morgan fingerprint density at radius 2 is 2.18 bits per heavy atom. The highest BCUT2D eigenvalue weighted by Crippen LogP contribution is 2.34. The van der Waals surface area contributed by atoms with E-state index >= 15 is 0 Å². The second-order valence-corrected chi connectivity index (χ2v) is 5.52. The van der Waals surface area contributed by atoms with E-state index in [1.807, 2.05) is 18.7 Å². The summed E-state index contributed by atoms with van der Waals surface area (Å²) < 4.78 is 0. The minimum atomic E-state index is 0.104. The van der Waals surface area contributed by atoms with Crippen LogP contribution in [-0.2, 0) is 9.59 Å². The lowest BCUT2D eigenvalue weighted by atomic mass is 9.94. The Morgan fingerprint density at radius 3 is 2.76 bits per heavy atom. The van der Waals surface area contributed by atoms with Gasteiger partial charge in [0.1, 0.15) is 5.78 Å². The van der Waals surface area contributed by atoms with Gasteiger partial charge in [-0.15, -0.1) is 0 Å². The Labute approximate surface area is 104 Å². The molecule has 1 amide bonds. The van der Waals surface area contributed by atoms with Gasteiger partial charge in [0.2, 0.25) is 5.91 Å². The van der Waals surface area contributed by atoms with Crippen LogP contribution >= 0.6 is 0 Å². The van der Waals surface area contributed by atoms with Crippen molar-refractivity contribution in [1.82, 2.24) is 4.90 Å². The topological polar surface area (TPSA) is 37.4 Å². The zero-order chi connectivity index (χ0) is 12.4. The van der Waals surface area contributed by atoms with E-state index < -0.39 is 0 Å². The number of amides is 1. The molecule has 17 heavy (non-hydrogen) atoms. The summed E-state index contributed by atoms with van der Waals surface area (Å²) in [6.45, 7) is 4.90. The van der Waals surface area contributed by atoms with Gasteiger partial charge in [-0.25, -0.2) is 0 Å². The Bertz CT molecular complexity index is 313. The molecular formula is C14H23NO2. The first-order valence-electron chi connectivity index (χ1n) is 6.98. The second-order valence-electron chi connectivity index (χ2n) is 5.52. The van der Waals surface area contributed by atoms with Crippen molar-refractivity contribution in [2.45, 2.75) is 58.4 Å². The maximum Gasteiger partial charge on any atom is 0.225 e. The first-order valence-corrected chi connectivity index (χ1v) is 6.98. The number of rotatable bonds is 3. The summed E-state index contributed by atoms with van der Waals surface area (Å²) in [6.07, 6.45) is 5.72. The fraction of sp³-hybridized carbons (Fsp3) is 0.857. The molecule has 0 aromatic heterocycles. The molecule has 3 nitrogen and oxygen atoms in total. The number of hydrogen-bond donors (Lipinski definition) is 0. The van der Waals surface area contributed by atoms with Crippen molar-refractivity contribution in [3.63, 3.8) is 0 Å². The van der Waals surface area contributed by atoms with E-state index in [2.05, 4.69) is 0 Å². The third kappa shape index (κ3) is 2.38. The molecule has 0 spiro atoms. The molecule has 2 fully saturated rings. The van der Waals surface area contributed by atoms with Crippen molar-refractivity contribution in [3.8, 4) is 0 Å².